The molecule has 0 radical (unpaired) electrons. The van der Waals surface area contributed by atoms with Crippen molar-refractivity contribution < 1.29 is 9.53 Å². The van der Waals surface area contributed by atoms with Gasteiger partial charge in [-0.2, -0.15) is 0 Å². The second-order valence-electron chi connectivity index (χ2n) is 5.93. The van der Waals surface area contributed by atoms with Crippen molar-refractivity contribution in [3.05, 3.63) is 65.4 Å². The van der Waals surface area contributed by atoms with Crippen LogP contribution in [0, 0.1) is 13.8 Å². The minimum Gasteiger partial charge on any atom is -0.469 e. The standard InChI is InChI=1S/C20H20N2O2/c1-13-8-14(2)10-15(9-13)22-19-11-16(12-20(23)24-3)21-18-7-5-4-6-17(18)19/h4-11H,12H2,1-3H3,(H,21,22). The van der Waals surface area contributed by atoms with Crippen molar-refractivity contribution >= 4 is 28.2 Å². The molecule has 1 aromatic heterocycles. The van der Waals surface area contributed by atoms with Gasteiger partial charge in [0.25, 0.3) is 0 Å². The second-order valence-corrected chi connectivity index (χ2v) is 5.93. The van der Waals surface area contributed by atoms with Crippen LogP contribution in [0.25, 0.3) is 10.9 Å². The Bertz CT molecular complexity index is 883. The molecule has 0 fully saturated rings. The van der Waals surface area contributed by atoms with E-state index in [1.807, 2.05) is 30.3 Å². The summed E-state index contributed by atoms with van der Waals surface area (Å²) in [5.41, 5.74) is 5.90. The Balaban J connectivity index is 2.05. The van der Waals surface area contributed by atoms with Gasteiger partial charge in [0.15, 0.2) is 0 Å². The van der Waals surface area contributed by atoms with E-state index in [1.54, 1.807) is 0 Å². The van der Waals surface area contributed by atoms with Crippen molar-refractivity contribution in [2.24, 2.45) is 0 Å². The largest absolute Gasteiger partial charge is 0.469 e. The van der Waals surface area contributed by atoms with Gasteiger partial charge in [0.1, 0.15) is 0 Å². The number of methoxy groups -OCH3 is 1. The highest BCUT2D eigenvalue weighted by molar-refractivity contribution is 5.93. The van der Waals surface area contributed by atoms with Crippen LogP contribution < -0.4 is 5.32 Å². The number of fused-ring (bicyclic) bond motifs is 1. The number of aryl methyl sites for hydroxylation is 2. The van der Waals surface area contributed by atoms with Gasteiger partial charge in [-0.05, 0) is 49.2 Å². The summed E-state index contributed by atoms with van der Waals surface area (Å²) in [7, 11) is 1.39. The molecule has 0 aliphatic carbocycles. The van der Waals surface area contributed by atoms with Crippen LogP contribution in [0.5, 0.6) is 0 Å². The average molecular weight is 320 g/mol. The van der Waals surface area contributed by atoms with E-state index in [0.717, 1.165) is 22.3 Å². The molecular formula is C20H20N2O2. The Hall–Kier alpha value is -2.88. The van der Waals surface area contributed by atoms with Crippen molar-refractivity contribution in [3.8, 4) is 0 Å². The summed E-state index contributed by atoms with van der Waals surface area (Å²) in [6.45, 7) is 4.15. The number of hydrogen-bond donors (Lipinski definition) is 1. The molecule has 0 spiro atoms. The van der Waals surface area contributed by atoms with Crippen LogP contribution in [0.4, 0.5) is 11.4 Å². The van der Waals surface area contributed by atoms with Gasteiger partial charge in [-0.25, -0.2) is 0 Å². The highest BCUT2D eigenvalue weighted by Gasteiger charge is 2.10. The molecule has 1 N–H and O–H groups in total. The van der Waals surface area contributed by atoms with Gasteiger partial charge in [-0.15, -0.1) is 0 Å². The van der Waals surface area contributed by atoms with Crippen LogP contribution >= 0.6 is 0 Å². The van der Waals surface area contributed by atoms with Crippen LogP contribution in [-0.4, -0.2) is 18.1 Å². The molecule has 24 heavy (non-hydrogen) atoms. The normalized spacial score (nSPS) is 10.6. The molecule has 0 saturated carbocycles. The van der Waals surface area contributed by atoms with Gasteiger partial charge in [0.2, 0.25) is 0 Å². The first kappa shape index (κ1) is 16.0. The third-order valence-electron chi connectivity index (χ3n) is 3.82. The highest BCUT2D eigenvalue weighted by Crippen LogP contribution is 2.27. The summed E-state index contributed by atoms with van der Waals surface area (Å²) >= 11 is 0. The SMILES string of the molecule is COC(=O)Cc1cc(Nc2cc(C)cc(C)c2)c2ccccc2n1. The van der Waals surface area contributed by atoms with Crippen molar-refractivity contribution in [2.45, 2.75) is 20.3 Å². The Kier molecular flexibility index (Phi) is 4.47. The first-order valence-corrected chi connectivity index (χ1v) is 7.86. The van der Waals surface area contributed by atoms with Crippen molar-refractivity contribution in [1.29, 1.82) is 0 Å². The number of carbonyl (C=O) groups is 1. The van der Waals surface area contributed by atoms with E-state index in [4.69, 9.17) is 4.74 Å². The van der Waals surface area contributed by atoms with Crippen molar-refractivity contribution in [1.82, 2.24) is 4.98 Å². The molecule has 0 atom stereocenters. The quantitative estimate of drug-likeness (QED) is 0.728. The van der Waals surface area contributed by atoms with Crippen LogP contribution in [-0.2, 0) is 16.0 Å². The lowest BCUT2D eigenvalue weighted by atomic mass is 10.1. The molecular weight excluding hydrogens is 300 g/mol. The number of nitrogens with one attached hydrogen (secondary N) is 1. The lowest BCUT2D eigenvalue weighted by Crippen LogP contribution is -2.07. The number of benzene rings is 2. The zero-order valence-electron chi connectivity index (χ0n) is 14.1. The monoisotopic (exact) mass is 320 g/mol. The second kappa shape index (κ2) is 6.71. The maximum absolute atomic E-state index is 11.6. The lowest BCUT2D eigenvalue weighted by molar-refractivity contribution is -0.139. The maximum atomic E-state index is 11.6. The number of nitrogens with zero attached hydrogens (tertiary/aromatic N) is 1. The molecule has 0 saturated heterocycles. The summed E-state index contributed by atoms with van der Waals surface area (Å²) in [5.74, 6) is -0.296. The van der Waals surface area contributed by atoms with Crippen LogP contribution in [0.15, 0.2) is 48.5 Å². The van der Waals surface area contributed by atoms with Gasteiger partial charge < -0.3 is 10.1 Å². The molecule has 0 amide bonds. The van der Waals surface area contributed by atoms with Gasteiger partial charge in [0, 0.05) is 16.8 Å². The molecule has 3 rings (SSSR count). The number of rotatable bonds is 4. The third-order valence-corrected chi connectivity index (χ3v) is 3.82. The smallest absolute Gasteiger partial charge is 0.311 e. The van der Waals surface area contributed by atoms with E-state index in [2.05, 4.69) is 42.3 Å². The summed E-state index contributed by atoms with van der Waals surface area (Å²) in [6.07, 6.45) is 0.156. The zero-order chi connectivity index (χ0) is 17.1. The van der Waals surface area contributed by atoms with Crippen LogP contribution in [0.2, 0.25) is 0 Å². The molecule has 4 heteroatoms. The Morgan fingerprint density at radius 1 is 1.08 bits per heavy atom. The number of aromatic nitrogens is 1. The molecule has 0 bridgehead atoms. The van der Waals surface area contributed by atoms with Crippen molar-refractivity contribution in [3.63, 3.8) is 0 Å². The van der Waals surface area contributed by atoms with E-state index in [-0.39, 0.29) is 12.4 Å². The Labute approximate surface area is 141 Å². The van der Waals surface area contributed by atoms with E-state index in [1.165, 1.54) is 18.2 Å². The summed E-state index contributed by atoms with van der Waals surface area (Å²) in [5, 5.41) is 4.49. The van der Waals surface area contributed by atoms with Gasteiger partial charge in [-0.1, -0.05) is 24.3 Å². The first-order valence-electron chi connectivity index (χ1n) is 7.86. The fourth-order valence-electron chi connectivity index (χ4n) is 2.85. The summed E-state index contributed by atoms with van der Waals surface area (Å²) in [4.78, 5) is 16.2. The predicted octanol–water partition coefficient (Wildman–Crippen LogP) is 4.31. The summed E-state index contributed by atoms with van der Waals surface area (Å²) in [6, 6.07) is 16.1. The number of hydrogen-bond acceptors (Lipinski definition) is 4. The number of pyridine rings is 1. The average Bonchev–Trinajstić information content (AvgIpc) is 2.53. The van der Waals surface area contributed by atoms with Gasteiger partial charge in [0.05, 0.1) is 24.7 Å². The fourth-order valence-corrected chi connectivity index (χ4v) is 2.85. The maximum Gasteiger partial charge on any atom is 0.311 e. The lowest BCUT2D eigenvalue weighted by Gasteiger charge is -2.13. The number of ether oxygens (including phenoxy) is 1. The summed E-state index contributed by atoms with van der Waals surface area (Å²) < 4.78 is 4.76. The molecule has 0 aliphatic rings. The Morgan fingerprint density at radius 3 is 2.50 bits per heavy atom. The van der Waals surface area contributed by atoms with Gasteiger partial charge >= 0.3 is 5.97 Å². The van der Waals surface area contributed by atoms with Crippen molar-refractivity contribution in [2.75, 3.05) is 12.4 Å². The van der Waals surface area contributed by atoms with E-state index in [0.29, 0.717) is 5.69 Å². The van der Waals surface area contributed by atoms with E-state index >= 15 is 0 Å². The first-order chi connectivity index (χ1) is 11.5. The number of para-hydroxylation sites is 1. The highest BCUT2D eigenvalue weighted by atomic mass is 16.5. The minimum atomic E-state index is -0.296. The molecule has 0 aliphatic heterocycles. The molecule has 2 aromatic carbocycles. The Morgan fingerprint density at radius 2 is 1.79 bits per heavy atom. The molecule has 4 nitrogen and oxygen atoms in total. The van der Waals surface area contributed by atoms with E-state index < -0.39 is 0 Å². The van der Waals surface area contributed by atoms with E-state index in [9.17, 15) is 4.79 Å². The number of anilines is 2. The molecule has 0 unspecified atom stereocenters. The van der Waals surface area contributed by atoms with Crippen LogP contribution in [0.1, 0.15) is 16.8 Å². The zero-order valence-corrected chi connectivity index (χ0v) is 14.1. The number of esters is 1. The van der Waals surface area contributed by atoms with Crippen LogP contribution in [0.3, 0.4) is 0 Å². The fraction of sp³-hybridized carbons (Fsp3) is 0.200. The molecule has 122 valence electrons. The topological polar surface area (TPSA) is 51.2 Å². The minimum absolute atomic E-state index is 0.156. The predicted molar refractivity (Wildman–Crippen MR) is 96.7 cm³/mol. The molecule has 3 aromatic rings. The molecule has 1 heterocycles. The third kappa shape index (κ3) is 3.54. The number of carbonyl (C=O) groups excluding carboxylic acids is 1. The van der Waals surface area contributed by atoms with Gasteiger partial charge in [-0.3, -0.25) is 9.78 Å².